The van der Waals surface area contributed by atoms with Crippen LogP contribution in [0.4, 0.5) is 22.7 Å². The van der Waals surface area contributed by atoms with Gasteiger partial charge in [0.25, 0.3) is 0 Å². The average Bonchev–Trinajstić information content (AvgIpc) is 2.70. The highest BCUT2D eigenvalue weighted by atomic mass is 16.5. The van der Waals surface area contributed by atoms with Crippen molar-refractivity contribution < 1.29 is 9.53 Å². The van der Waals surface area contributed by atoms with Crippen molar-refractivity contribution in [2.45, 2.75) is 13.8 Å². The Balaban J connectivity index is 0.00000126. The monoisotopic (exact) mass is 362 g/mol. The van der Waals surface area contributed by atoms with Crippen molar-refractivity contribution in [2.24, 2.45) is 10.2 Å². The maximum Gasteiger partial charge on any atom is 0.343 e. The number of esters is 1. The van der Waals surface area contributed by atoms with Gasteiger partial charge in [0, 0.05) is 11.4 Å². The summed E-state index contributed by atoms with van der Waals surface area (Å²) in [7, 11) is 0. The molecule has 0 saturated carbocycles. The van der Waals surface area contributed by atoms with Crippen molar-refractivity contribution in [2.75, 3.05) is 11.5 Å². The molecule has 3 aromatic rings. The van der Waals surface area contributed by atoms with E-state index in [4.69, 9.17) is 16.2 Å². The molecule has 0 aromatic heterocycles. The van der Waals surface area contributed by atoms with Crippen molar-refractivity contribution in [3.8, 4) is 5.75 Å². The lowest BCUT2D eigenvalue weighted by Gasteiger charge is -2.04. The molecular formula is C21H22N4O2. The largest absolute Gasteiger partial charge is 0.423 e. The van der Waals surface area contributed by atoms with Gasteiger partial charge >= 0.3 is 5.97 Å². The molecule has 0 radical (unpaired) electrons. The second-order valence-corrected chi connectivity index (χ2v) is 5.30. The summed E-state index contributed by atoms with van der Waals surface area (Å²) in [4.78, 5) is 12.0. The molecule has 0 heterocycles. The summed E-state index contributed by atoms with van der Waals surface area (Å²) in [5, 5.41) is 8.24. The minimum Gasteiger partial charge on any atom is -0.423 e. The van der Waals surface area contributed by atoms with Crippen LogP contribution >= 0.6 is 0 Å². The first kappa shape index (κ1) is 19.7. The number of rotatable bonds is 4. The smallest absolute Gasteiger partial charge is 0.343 e. The summed E-state index contributed by atoms with van der Waals surface area (Å²) in [5.41, 5.74) is 14.3. The fraction of sp³-hybridized carbons (Fsp3) is 0.0952. The molecular weight excluding hydrogens is 340 g/mol. The topological polar surface area (TPSA) is 103 Å². The van der Waals surface area contributed by atoms with Crippen LogP contribution in [0.15, 0.2) is 83.0 Å². The van der Waals surface area contributed by atoms with Gasteiger partial charge < -0.3 is 16.2 Å². The third kappa shape index (κ3) is 5.97. The number of carbonyl (C=O) groups excluding carboxylic acids is 1. The number of nitrogens with two attached hydrogens (primary N) is 2. The van der Waals surface area contributed by atoms with Gasteiger partial charge in [-0.25, -0.2) is 4.79 Å². The number of ether oxygens (including phenoxy) is 1. The predicted molar refractivity (Wildman–Crippen MR) is 109 cm³/mol. The molecule has 0 aliphatic rings. The van der Waals surface area contributed by atoms with E-state index in [2.05, 4.69) is 10.2 Å². The van der Waals surface area contributed by atoms with Crippen LogP contribution in [0.3, 0.4) is 0 Å². The Bertz CT molecular complexity index is 887. The van der Waals surface area contributed by atoms with E-state index < -0.39 is 5.97 Å². The molecule has 0 bridgehead atoms. The summed E-state index contributed by atoms with van der Waals surface area (Å²) in [5.74, 6) is -0.0236. The van der Waals surface area contributed by atoms with Crippen LogP contribution in [0.1, 0.15) is 24.2 Å². The molecule has 0 saturated heterocycles. The van der Waals surface area contributed by atoms with E-state index in [1.807, 2.05) is 13.8 Å². The highest BCUT2D eigenvalue weighted by Crippen LogP contribution is 2.22. The Kier molecular flexibility index (Phi) is 7.07. The molecule has 6 nitrogen and oxygen atoms in total. The molecule has 0 spiro atoms. The van der Waals surface area contributed by atoms with Crippen LogP contribution in [0.2, 0.25) is 0 Å². The van der Waals surface area contributed by atoms with Crippen LogP contribution in [0.5, 0.6) is 5.75 Å². The predicted octanol–water partition coefficient (Wildman–Crippen LogP) is 5.51. The van der Waals surface area contributed by atoms with Crippen LogP contribution in [0, 0.1) is 0 Å². The van der Waals surface area contributed by atoms with Gasteiger partial charge in [0.15, 0.2) is 0 Å². The molecule has 0 atom stereocenters. The quantitative estimate of drug-likeness (QED) is 0.276. The number of hydrogen-bond donors (Lipinski definition) is 2. The van der Waals surface area contributed by atoms with Crippen LogP contribution < -0.4 is 16.2 Å². The minimum absolute atomic E-state index is 0.424. The molecule has 3 aromatic carbocycles. The van der Waals surface area contributed by atoms with Crippen LogP contribution in [-0.4, -0.2) is 5.97 Å². The van der Waals surface area contributed by atoms with Gasteiger partial charge in [-0.3, -0.25) is 0 Å². The second kappa shape index (κ2) is 9.72. The lowest BCUT2D eigenvalue weighted by molar-refractivity contribution is 0.0735. The molecule has 3 rings (SSSR count). The van der Waals surface area contributed by atoms with Crippen molar-refractivity contribution in [3.05, 3.63) is 78.4 Å². The van der Waals surface area contributed by atoms with E-state index >= 15 is 0 Å². The van der Waals surface area contributed by atoms with Gasteiger partial charge in [0.1, 0.15) is 5.75 Å². The number of anilines is 2. The summed E-state index contributed by atoms with van der Waals surface area (Å²) in [6.07, 6.45) is 0. The minimum atomic E-state index is -0.448. The highest BCUT2D eigenvalue weighted by Gasteiger charge is 2.08. The lowest BCUT2D eigenvalue weighted by atomic mass is 10.2. The van der Waals surface area contributed by atoms with Crippen molar-refractivity contribution in [1.82, 2.24) is 0 Å². The van der Waals surface area contributed by atoms with Gasteiger partial charge in [-0.2, -0.15) is 10.2 Å². The Hall–Kier alpha value is -3.67. The molecule has 6 heteroatoms. The molecule has 4 N–H and O–H groups in total. The van der Waals surface area contributed by atoms with E-state index in [0.717, 1.165) is 0 Å². The van der Waals surface area contributed by atoms with Gasteiger partial charge in [-0.15, -0.1) is 0 Å². The Morgan fingerprint density at radius 1 is 0.704 bits per heavy atom. The number of nitrogen functional groups attached to an aromatic ring is 2. The van der Waals surface area contributed by atoms with E-state index in [1.165, 1.54) is 0 Å². The standard InChI is InChI=1S/C19H16N4O2.C2H6/c20-14-3-1-13(2-4-14)19(24)25-18-11-9-17(10-12-18)23-22-16-7-5-15(21)6-8-16;1-2/h1-12H,20-21H2;1-2H3. The van der Waals surface area contributed by atoms with Crippen molar-refractivity contribution >= 4 is 28.7 Å². The third-order valence-electron chi connectivity index (χ3n) is 3.37. The number of hydrogen-bond acceptors (Lipinski definition) is 6. The molecule has 0 aliphatic carbocycles. The summed E-state index contributed by atoms with van der Waals surface area (Å²) >= 11 is 0. The second-order valence-electron chi connectivity index (χ2n) is 5.30. The van der Waals surface area contributed by atoms with Crippen LogP contribution in [0.25, 0.3) is 0 Å². The first-order chi connectivity index (χ1) is 13.1. The van der Waals surface area contributed by atoms with Gasteiger partial charge in [0.2, 0.25) is 0 Å². The number of azo groups is 1. The zero-order chi connectivity index (χ0) is 19.6. The van der Waals surface area contributed by atoms with Crippen molar-refractivity contribution in [1.29, 1.82) is 0 Å². The molecule has 138 valence electrons. The number of carbonyl (C=O) groups is 1. The van der Waals surface area contributed by atoms with E-state index in [1.54, 1.807) is 72.8 Å². The summed E-state index contributed by atoms with van der Waals surface area (Å²) < 4.78 is 5.31. The Morgan fingerprint density at radius 3 is 1.59 bits per heavy atom. The fourth-order valence-electron chi connectivity index (χ4n) is 2.02. The highest BCUT2D eigenvalue weighted by molar-refractivity contribution is 5.91. The number of nitrogens with zero attached hydrogens (tertiary/aromatic N) is 2. The van der Waals surface area contributed by atoms with Crippen LogP contribution in [-0.2, 0) is 0 Å². The molecule has 27 heavy (non-hydrogen) atoms. The number of benzene rings is 3. The van der Waals surface area contributed by atoms with Gasteiger partial charge in [-0.05, 0) is 72.8 Å². The van der Waals surface area contributed by atoms with E-state index in [9.17, 15) is 4.79 Å². The summed E-state index contributed by atoms with van der Waals surface area (Å²) in [6.45, 7) is 4.00. The maximum atomic E-state index is 12.0. The van der Waals surface area contributed by atoms with Crippen molar-refractivity contribution in [3.63, 3.8) is 0 Å². The molecule has 0 aliphatic heterocycles. The normalized spacial score (nSPS) is 10.1. The Labute approximate surface area is 158 Å². The average molecular weight is 362 g/mol. The first-order valence-corrected chi connectivity index (χ1v) is 8.55. The van der Waals surface area contributed by atoms with E-state index in [0.29, 0.717) is 34.1 Å². The Morgan fingerprint density at radius 2 is 1.11 bits per heavy atom. The molecule has 0 fully saturated rings. The lowest BCUT2D eigenvalue weighted by Crippen LogP contribution is -2.08. The summed E-state index contributed by atoms with van der Waals surface area (Å²) in [6, 6.07) is 20.4. The first-order valence-electron chi connectivity index (χ1n) is 8.55. The van der Waals surface area contributed by atoms with Gasteiger partial charge in [0.05, 0.1) is 16.9 Å². The van der Waals surface area contributed by atoms with E-state index in [-0.39, 0.29) is 0 Å². The molecule has 0 unspecified atom stereocenters. The van der Waals surface area contributed by atoms with Gasteiger partial charge in [-0.1, -0.05) is 13.8 Å². The zero-order valence-electron chi connectivity index (χ0n) is 15.3. The zero-order valence-corrected chi connectivity index (χ0v) is 15.3. The maximum absolute atomic E-state index is 12.0. The SMILES string of the molecule is CC.Nc1ccc(N=Nc2ccc(OC(=O)c3ccc(N)cc3)cc2)cc1. The fourth-order valence-corrected chi connectivity index (χ4v) is 2.02. The third-order valence-corrected chi connectivity index (χ3v) is 3.37. The molecule has 0 amide bonds.